The molecule has 2 unspecified atom stereocenters. The third kappa shape index (κ3) is 6.09. The molecule has 0 heterocycles. The summed E-state index contributed by atoms with van der Waals surface area (Å²) in [7, 11) is 0. The zero-order chi connectivity index (χ0) is 13.3. The molecule has 0 aliphatic carbocycles. The molecule has 2 nitrogen and oxygen atoms in total. The van der Waals surface area contributed by atoms with Crippen LogP contribution < -0.4 is 0 Å². The van der Waals surface area contributed by atoms with E-state index in [1.54, 1.807) is 0 Å². The average Bonchev–Trinajstić information content (AvgIpc) is 2.33. The van der Waals surface area contributed by atoms with Crippen molar-refractivity contribution in [2.75, 3.05) is 6.61 Å². The van der Waals surface area contributed by atoms with Crippen molar-refractivity contribution in [2.24, 2.45) is 11.3 Å². The van der Waals surface area contributed by atoms with Crippen LogP contribution in [0, 0.1) is 11.3 Å². The van der Waals surface area contributed by atoms with Gasteiger partial charge in [0.25, 0.3) is 0 Å². The predicted molar refractivity (Wildman–Crippen MR) is 73.0 cm³/mol. The maximum absolute atomic E-state index is 12.0. The largest absolute Gasteiger partial charge is 0.465 e. The Morgan fingerprint density at radius 3 is 2.35 bits per heavy atom. The quantitative estimate of drug-likeness (QED) is 0.553. The molecule has 0 aliphatic rings. The van der Waals surface area contributed by atoms with E-state index in [9.17, 15) is 4.79 Å². The van der Waals surface area contributed by atoms with Gasteiger partial charge in [0.05, 0.1) is 12.0 Å². The smallest absolute Gasteiger partial charge is 0.311 e. The number of hydrogen-bond donors (Lipinski definition) is 0. The molecule has 0 aromatic rings. The third-order valence-corrected chi connectivity index (χ3v) is 3.62. The van der Waals surface area contributed by atoms with Crippen molar-refractivity contribution in [1.29, 1.82) is 0 Å². The second-order valence-electron chi connectivity index (χ2n) is 5.51. The molecule has 0 aromatic carbocycles. The Bertz CT molecular complexity index is 213. The van der Waals surface area contributed by atoms with E-state index in [1.807, 2.05) is 6.92 Å². The van der Waals surface area contributed by atoms with Crippen LogP contribution in [0.4, 0.5) is 0 Å². The summed E-state index contributed by atoms with van der Waals surface area (Å²) in [5, 5.41) is 0. The van der Waals surface area contributed by atoms with E-state index in [0.717, 1.165) is 25.7 Å². The highest BCUT2D eigenvalue weighted by atomic mass is 16.5. The minimum absolute atomic E-state index is 0.00908. The maximum atomic E-state index is 12.0. The maximum Gasteiger partial charge on any atom is 0.311 e. The van der Waals surface area contributed by atoms with Gasteiger partial charge < -0.3 is 4.74 Å². The van der Waals surface area contributed by atoms with Crippen LogP contribution in [0.3, 0.4) is 0 Å². The first-order chi connectivity index (χ1) is 8.00. The Morgan fingerprint density at radius 1 is 1.24 bits per heavy atom. The van der Waals surface area contributed by atoms with Crippen LogP contribution in [0.1, 0.15) is 73.1 Å². The SMILES string of the molecule is CCCCC(C)COC(=O)C(C)(CC)CCC. The molecule has 0 fully saturated rings. The first-order valence-electron chi connectivity index (χ1n) is 7.17. The highest BCUT2D eigenvalue weighted by Gasteiger charge is 2.32. The minimum Gasteiger partial charge on any atom is -0.465 e. The van der Waals surface area contributed by atoms with Crippen molar-refractivity contribution >= 4 is 5.97 Å². The topological polar surface area (TPSA) is 26.3 Å². The molecule has 0 aliphatic heterocycles. The molecule has 2 atom stereocenters. The first-order valence-corrected chi connectivity index (χ1v) is 7.17. The summed E-state index contributed by atoms with van der Waals surface area (Å²) in [4.78, 5) is 12.0. The molecule has 0 saturated heterocycles. The van der Waals surface area contributed by atoms with Crippen LogP contribution >= 0.6 is 0 Å². The lowest BCUT2D eigenvalue weighted by atomic mass is 9.83. The van der Waals surface area contributed by atoms with E-state index >= 15 is 0 Å². The second-order valence-corrected chi connectivity index (χ2v) is 5.51. The van der Waals surface area contributed by atoms with Crippen molar-refractivity contribution in [2.45, 2.75) is 73.1 Å². The Kier molecular flexibility index (Phi) is 8.28. The molecule has 102 valence electrons. The van der Waals surface area contributed by atoms with Crippen LogP contribution in [0.15, 0.2) is 0 Å². The highest BCUT2D eigenvalue weighted by Crippen LogP contribution is 2.29. The van der Waals surface area contributed by atoms with Gasteiger partial charge in [0, 0.05) is 0 Å². The molecule has 0 spiro atoms. The Labute approximate surface area is 107 Å². The second kappa shape index (κ2) is 8.54. The lowest BCUT2D eigenvalue weighted by Crippen LogP contribution is -2.30. The number of carbonyl (C=O) groups excluding carboxylic acids is 1. The fourth-order valence-corrected chi connectivity index (χ4v) is 2.00. The molecule has 2 heteroatoms. The molecule has 0 bridgehead atoms. The number of carbonyl (C=O) groups is 1. The highest BCUT2D eigenvalue weighted by molar-refractivity contribution is 5.76. The fourth-order valence-electron chi connectivity index (χ4n) is 2.00. The van der Waals surface area contributed by atoms with E-state index in [-0.39, 0.29) is 11.4 Å². The number of esters is 1. The van der Waals surface area contributed by atoms with Crippen LogP contribution in [0.2, 0.25) is 0 Å². The van der Waals surface area contributed by atoms with E-state index < -0.39 is 0 Å². The summed E-state index contributed by atoms with van der Waals surface area (Å²) >= 11 is 0. The van der Waals surface area contributed by atoms with Crippen molar-refractivity contribution in [3.05, 3.63) is 0 Å². The van der Waals surface area contributed by atoms with Crippen LogP contribution in [-0.4, -0.2) is 12.6 Å². The molecule has 0 saturated carbocycles. The fraction of sp³-hybridized carbons (Fsp3) is 0.933. The van der Waals surface area contributed by atoms with Gasteiger partial charge in [-0.2, -0.15) is 0 Å². The first kappa shape index (κ1) is 16.5. The average molecular weight is 242 g/mol. The Hall–Kier alpha value is -0.530. The molecule has 0 radical (unpaired) electrons. The van der Waals surface area contributed by atoms with Crippen molar-refractivity contribution in [1.82, 2.24) is 0 Å². The summed E-state index contributed by atoms with van der Waals surface area (Å²) in [6.45, 7) is 11.1. The number of rotatable bonds is 9. The van der Waals surface area contributed by atoms with Gasteiger partial charge in [-0.15, -0.1) is 0 Å². The summed E-state index contributed by atoms with van der Waals surface area (Å²) in [6, 6.07) is 0. The van der Waals surface area contributed by atoms with Crippen molar-refractivity contribution in [3.63, 3.8) is 0 Å². The Balaban J connectivity index is 4.06. The van der Waals surface area contributed by atoms with Gasteiger partial charge in [-0.3, -0.25) is 4.79 Å². The van der Waals surface area contributed by atoms with E-state index in [1.165, 1.54) is 12.8 Å². The van der Waals surface area contributed by atoms with E-state index in [4.69, 9.17) is 4.74 Å². The summed E-state index contributed by atoms with van der Waals surface area (Å²) in [5.74, 6) is 0.479. The third-order valence-electron chi connectivity index (χ3n) is 3.62. The molecule has 0 rings (SSSR count). The molecule has 0 N–H and O–H groups in total. The standard InChI is InChI=1S/C15H30O2/c1-6-9-10-13(4)12-17-14(16)15(5,8-3)11-7-2/h13H,6-12H2,1-5H3. The van der Waals surface area contributed by atoms with Gasteiger partial charge in [0.1, 0.15) is 0 Å². The molecular formula is C15H30O2. The van der Waals surface area contributed by atoms with Crippen LogP contribution in [-0.2, 0) is 9.53 Å². The lowest BCUT2D eigenvalue weighted by molar-refractivity contribution is -0.157. The lowest BCUT2D eigenvalue weighted by Gasteiger charge is -2.26. The number of hydrogen-bond acceptors (Lipinski definition) is 2. The van der Waals surface area contributed by atoms with Crippen molar-refractivity contribution in [3.8, 4) is 0 Å². The van der Waals surface area contributed by atoms with Gasteiger partial charge in [0.2, 0.25) is 0 Å². The van der Waals surface area contributed by atoms with Crippen LogP contribution in [0.5, 0.6) is 0 Å². The van der Waals surface area contributed by atoms with Crippen molar-refractivity contribution < 1.29 is 9.53 Å². The van der Waals surface area contributed by atoms with Gasteiger partial charge in [-0.1, -0.05) is 47.0 Å². The summed E-state index contributed by atoms with van der Waals surface area (Å²) in [6.07, 6.45) is 6.40. The van der Waals surface area contributed by atoms with Gasteiger partial charge in [-0.25, -0.2) is 0 Å². The molecular weight excluding hydrogens is 212 g/mol. The Morgan fingerprint density at radius 2 is 1.88 bits per heavy atom. The minimum atomic E-state index is -0.279. The summed E-state index contributed by atoms with van der Waals surface area (Å²) < 4.78 is 5.47. The monoisotopic (exact) mass is 242 g/mol. The summed E-state index contributed by atoms with van der Waals surface area (Å²) in [5.41, 5.74) is -0.279. The molecule has 0 amide bonds. The predicted octanol–water partition coefficient (Wildman–Crippen LogP) is 4.57. The van der Waals surface area contributed by atoms with Gasteiger partial charge >= 0.3 is 5.97 Å². The van der Waals surface area contributed by atoms with Gasteiger partial charge in [-0.05, 0) is 32.1 Å². The normalized spacial score (nSPS) is 16.3. The van der Waals surface area contributed by atoms with E-state index in [2.05, 4.69) is 27.7 Å². The number of unbranched alkanes of at least 4 members (excludes halogenated alkanes) is 1. The van der Waals surface area contributed by atoms with Gasteiger partial charge in [0.15, 0.2) is 0 Å². The van der Waals surface area contributed by atoms with Crippen LogP contribution in [0.25, 0.3) is 0 Å². The molecule has 0 aromatic heterocycles. The molecule has 17 heavy (non-hydrogen) atoms. The zero-order valence-corrected chi connectivity index (χ0v) is 12.3. The van der Waals surface area contributed by atoms with E-state index in [0.29, 0.717) is 12.5 Å². The zero-order valence-electron chi connectivity index (χ0n) is 12.3. The number of ether oxygens (including phenoxy) is 1.